The second kappa shape index (κ2) is 7.30. The van der Waals surface area contributed by atoms with Crippen molar-refractivity contribution in [1.82, 2.24) is 15.0 Å². The zero-order chi connectivity index (χ0) is 17.8. The van der Waals surface area contributed by atoms with Gasteiger partial charge in [0.05, 0.1) is 7.11 Å². The smallest absolute Gasteiger partial charge is 0.161 e. The van der Waals surface area contributed by atoms with Crippen molar-refractivity contribution in [2.75, 3.05) is 19.1 Å². The molecule has 0 unspecified atom stereocenters. The van der Waals surface area contributed by atoms with Gasteiger partial charge in [-0.15, -0.1) is 0 Å². The summed E-state index contributed by atoms with van der Waals surface area (Å²) in [7, 11) is 3.73. The summed E-state index contributed by atoms with van der Waals surface area (Å²) in [6.07, 6.45) is 3.51. The first-order valence-corrected chi connectivity index (χ1v) is 8.19. The van der Waals surface area contributed by atoms with Crippen molar-refractivity contribution in [2.24, 2.45) is 0 Å². The number of anilines is 1. The van der Waals surface area contributed by atoms with Crippen LogP contribution in [0.4, 0.5) is 5.82 Å². The summed E-state index contributed by atoms with van der Waals surface area (Å²) in [5, 5.41) is 0. The van der Waals surface area contributed by atoms with Crippen molar-refractivity contribution in [1.29, 1.82) is 0 Å². The fourth-order valence-electron chi connectivity index (χ4n) is 2.78. The van der Waals surface area contributed by atoms with Gasteiger partial charge in [0.1, 0.15) is 11.6 Å². The molecule has 0 fully saturated rings. The molecule has 5 heteroatoms. The van der Waals surface area contributed by atoms with Crippen LogP contribution in [0.1, 0.15) is 16.8 Å². The molecule has 0 aliphatic carbocycles. The largest absolute Gasteiger partial charge is 0.496 e. The van der Waals surface area contributed by atoms with Crippen LogP contribution in [-0.2, 0) is 6.54 Å². The van der Waals surface area contributed by atoms with E-state index in [2.05, 4.69) is 27.9 Å². The molecular formula is C20H22N4O. The number of methoxy groups -OCH3 is 1. The van der Waals surface area contributed by atoms with Crippen molar-refractivity contribution in [3.63, 3.8) is 0 Å². The predicted octanol–water partition coefficient (Wildman–Crippen LogP) is 3.80. The van der Waals surface area contributed by atoms with Gasteiger partial charge < -0.3 is 9.64 Å². The fourth-order valence-corrected chi connectivity index (χ4v) is 2.78. The van der Waals surface area contributed by atoms with Crippen LogP contribution in [0.15, 0.2) is 48.8 Å². The molecule has 0 amide bonds. The fraction of sp³-hybridized carbons (Fsp3) is 0.250. The summed E-state index contributed by atoms with van der Waals surface area (Å²) in [4.78, 5) is 15.6. The second-order valence-electron chi connectivity index (χ2n) is 5.99. The zero-order valence-corrected chi connectivity index (χ0v) is 15.0. The molecule has 0 spiro atoms. The van der Waals surface area contributed by atoms with E-state index in [0.29, 0.717) is 12.4 Å². The minimum absolute atomic E-state index is 0.705. The van der Waals surface area contributed by atoms with E-state index in [0.717, 1.165) is 34.0 Å². The lowest BCUT2D eigenvalue weighted by Crippen LogP contribution is -2.20. The van der Waals surface area contributed by atoms with E-state index >= 15 is 0 Å². The SMILES string of the molecule is COc1ccccc1CN(C)c1nc(-c2ccncc2)nc(C)c1C. The van der Waals surface area contributed by atoms with E-state index in [1.165, 1.54) is 0 Å². The molecule has 128 valence electrons. The molecule has 3 rings (SSSR count). The van der Waals surface area contributed by atoms with Gasteiger partial charge in [0.15, 0.2) is 5.82 Å². The summed E-state index contributed by atoms with van der Waals surface area (Å²) in [5.41, 5.74) is 4.14. The number of para-hydroxylation sites is 1. The Morgan fingerprint density at radius 3 is 2.44 bits per heavy atom. The van der Waals surface area contributed by atoms with Crippen molar-refractivity contribution in [3.05, 3.63) is 65.6 Å². The van der Waals surface area contributed by atoms with Crippen molar-refractivity contribution < 1.29 is 4.74 Å². The van der Waals surface area contributed by atoms with Crippen LogP contribution in [0.5, 0.6) is 5.75 Å². The van der Waals surface area contributed by atoms with Gasteiger partial charge in [0.2, 0.25) is 0 Å². The van der Waals surface area contributed by atoms with Crippen LogP contribution in [0.25, 0.3) is 11.4 Å². The average Bonchev–Trinajstić information content (AvgIpc) is 2.65. The molecule has 5 nitrogen and oxygen atoms in total. The molecule has 0 N–H and O–H groups in total. The number of hydrogen-bond donors (Lipinski definition) is 0. The number of benzene rings is 1. The van der Waals surface area contributed by atoms with E-state index in [-0.39, 0.29) is 0 Å². The van der Waals surface area contributed by atoms with Gasteiger partial charge in [-0.25, -0.2) is 9.97 Å². The number of pyridine rings is 1. The molecule has 2 aromatic heterocycles. The first-order valence-electron chi connectivity index (χ1n) is 8.19. The Morgan fingerprint density at radius 2 is 1.72 bits per heavy atom. The van der Waals surface area contributed by atoms with E-state index in [1.54, 1.807) is 19.5 Å². The quantitative estimate of drug-likeness (QED) is 0.710. The lowest BCUT2D eigenvalue weighted by Gasteiger charge is -2.22. The van der Waals surface area contributed by atoms with Crippen LogP contribution in [0, 0.1) is 13.8 Å². The highest BCUT2D eigenvalue weighted by Gasteiger charge is 2.15. The maximum atomic E-state index is 5.46. The molecule has 2 heterocycles. The van der Waals surface area contributed by atoms with Crippen LogP contribution in [-0.4, -0.2) is 29.1 Å². The first-order chi connectivity index (χ1) is 12.1. The van der Waals surface area contributed by atoms with Crippen LogP contribution in [0.3, 0.4) is 0 Å². The number of ether oxygens (including phenoxy) is 1. The third kappa shape index (κ3) is 3.60. The highest BCUT2D eigenvalue weighted by Crippen LogP contribution is 2.26. The number of aromatic nitrogens is 3. The number of nitrogens with zero attached hydrogens (tertiary/aromatic N) is 4. The van der Waals surface area contributed by atoms with Crippen molar-refractivity contribution >= 4 is 5.82 Å². The number of rotatable bonds is 5. The zero-order valence-electron chi connectivity index (χ0n) is 15.0. The van der Waals surface area contributed by atoms with Gasteiger partial charge in [0, 0.05) is 48.4 Å². The summed E-state index contributed by atoms with van der Waals surface area (Å²) >= 11 is 0. The maximum absolute atomic E-state index is 5.46. The van der Waals surface area contributed by atoms with Gasteiger partial charge in [-0.2, -0.15) is 0 Å². The Kier molecular flexibility index (Phi) is 4.93. The maximum Gasteiger partial charge on any atom is 0.161 e. The Hall–Kier alpha value is -2.95. The molecule has 0 saturated carbocycles. The second-order valence-corrected chi connectivity index (χ2v) is 5.99. The molecule has 0 saturated heterocycles. The predicted molar refractivity (Wildman–Crippen MR) is 99.8 cm³/mol. The lowest BCUT2D eigenvalue weighted by molar-refractivity contribution is 0.409. The van der Waals surface area contributed by atoms with Gasteiger partial charge in [-0.1, -0.05) is 18.2 Å². The van der Waals surface area contributed by atoms with Crippen molar-refractivity contribution in [2.45, 2.75) is 20.4 Å². The normalized spacial score (nSPS) is 10.6. The molecule has 0 aliphatic heterocycles. The highest BCUT2D eigenvalue weighted by atomic mass is 16.5. The van der Waals surface area contributed by atoms with E-state index < -0.39 is 0 Å². The standard InChI is InChI=1S/C20H22N4O/c1-14-15(2)22-19(16-9-11-21-12-10-16)23-20(14)24(3)13-17-7-5-6-8-18(17)25-4/h5-12H,13H2,1-4H3. The summed E-state index contributed by atoms with van der Waals surface area (Å²) in [6, 6.07) is 11.9. The third-order valence-electron chi connectivity index (χ3n) is 4.26. The van der Waals surface area contributed by atoms with Gasteiger partial charge >= 0.3 is 0 Å². The monoisotopic (exact) mass is 334 g/mol. The Balaban J connectivity index is 1.97. The minimum Gasteiger partial charge on any atom is -0.496 e. The average molecular weight is 334 g/mol. The van der Waals surface area contributed by atoms with Gasteiger partial charge in [-0.05, 0) is 32.0 Å². The van der Waals surface area contributed by atoms with E-state index in [9.17, 15) is 0 Å². The summed E-state index contributed by atoms with van der Waals surface area (Å²) in [6.45, 7) is 4.78. The molecular weight excluding hydrogens is 312 g/mol. The summed E-state index contributed by atoms with van der Waals surface area (Å²) < 4.78 is 5.46. The Bertz CT molecular complexity index is 865. The van der Waals surface area contributed by atoms with Crippen LogP contribution >= 0.6 is 0 Å². The number of aryl methyl sites for hydroxylation is 1. The molecule has 1 aromatic carbocycles. The third-order valence-corrected chi connectivity index (χ3v) is 4.26. The Morgan fingerprint density at radius 1 is 1.00 bits per heavy atom. The van der Waals surface area contributed by atoms with E-state index in [4.69, 9.17) is 9.72 Å². The molecule has 3 aromatic rings. The highest BCUT2D eigenvalue weighted by molar-refractivity contribution is 5.60. The first kappa shape index (κ1) is 16.9. The van der Waals surface area contributed by atoms with Gasteiger partial charge in [-0.3, -0.25) is 4.98 Å². The molecule has 25 heavy (non-hydrogen) atoms. The molecule has 0 atom stereocenters. The van der Waals surface area contributed by atoms with Gasteiger partial charge in [0.25, 0.3) is 0 Å². The van der Waals surface area contributed by atoms with Crippen LogP contribution in [0.2, 0.25) is 0 Å². The van der Waals surface area contributed by atoms with E-state index in [1.807, 2.05) is 44.3 Å². The molecule has 0 radical (unpaired) electrons. The lowest BCUT2D eigenvalue weighted by atomic mass is 10.1. The topological polar surface area (TPSA) is 51.1 Å². The van der Waals surface area contributed by atoms with Crippen molar-refractivity contribution in [3.8, 4) is 17.1 Å². The number of hydrogen-bond acceptors (Lipinski definition) is 5. The van der Waals surface area contributed by atoms with Crippen LogP contribution < -0.4 is 9.64 Å². The molecule has 0 bridgehead atoms. The minimum atomic E-state index is 0.705. The Labute approximate surface area is 148 Å². The molecule has 0 aliphatic rings. The summed E-state index contributed by atoms with van der Waals surface area (Å²) in [5.74, 6) is 2.52.